The van der Waals surface area contributed by atoms with Gasteiger partial charge >= 0.3 is 0 Å². The summed E-state index contributed by atoms with van der Waals surface area (Å²) in [7, 11) is 0. The Morgan fingerprint density at radius 2 is 2.22 bits per heavy atom. The van der Waals surface area contributed by atoms with E-state index in [9.17, 15) is 0 Å². The summed E-state index contributed by atoms with van der Waals surface area (Å²) in [5.74, 6) is 0.979. The van der Waals surface area contributed by atoms with Crippen molar-refractivity contribution in [1.82, 2.24) is 10.3 Å². The lowest BCUT2D eigenvalue weighted by molar-refractivity contribution is 0.411. The van der Waals surface area contributed by atoms with Gasteiger partial charge in [-0.1, -0.05) is 38.7 Å². The summed E-state index contributed by atoms with van der Waals surface area (Å²) in [4.78, 5) is 4.25. The normalized spacial score (nSPS) is 18.1. The number of nitrogens with zero attached hydrogens (tertiary/aromatic N) is 1. The highest BCUT2D eigenvalue weighted by atomic mass is 14.9. The molecule has 2 heteroatoms. The molecule has 1 heterocycles. The van der Waals surface area contributed by atoms with Gasteiger partial charge in [-0.15, -0.1) is 0 Å². The topological polar surface area (TPSA) is 24.9 Å². The van der Waals surface area contributed by atoms with Crippen LogP contribution in [-0.2, 0) is 0 Å². The van der Waals surface area contributed by atoms with E-state index in [1.165, 1.54) is 50.5 Å². The molecule has 0 bridgehead atoms. The Morgan fingerprint density at radius 3 is 2.89 bits per heavy atom. The largest absolute Gasteiger partial charge is 0.310 e. The average molecular weight is 246 g/mol. The maximum atomic E-state index is 4.25. The lowest BCUT2D eigenvalue weighted by atomic mass is 9.95. The van der Waals surface area contributed by atoms with Crippen LogP contribution in [0, 0.1) is 5.92 Å². The van der Waals surface area contributed by atoms with Gasteiger partial charge in [-0.2, -0.15) is 0 Å². The third-order valence-electron chi connectivity index (χ3n) is 4.07. The SMILES string of the molecule is CCCNC(CCC1CCCC1)c1cccnc1. The second-order valence-electron chi connectivity index (χ2n) is 5.52. The van der Waals surface area contributed by atoms with E-state index in [-0.39, 0.29) is 0 Å². The Kier molecular flexibility index (Phi) is 5.66. The summed E-state index contributed by atoms with van der Waals surface area (Å²) in [6.45, 7) is 3.33. The quantitative estimate of drug-likeness (QED) is 0.783. The zero-order valence-corrected chi connectivity index (χ0v) is 11.6. The van der Waals surface area contributed by atoms with Crippen LogP contribution in [0.5, 0.6) is 0 Å². The van der Waals surface area contributed by atoms with Crippen LogP contribution in [0.15, 0.2) is 24.5 Å². The standard InChI is InChI=1S/C16H26N2/c1-2-11-18-16(15-8-5-12-17-13-15)10-9-14-6-3-4-7-14/h5,8,12-14,16,18H,2-4,6-7,9-11H2,1H3. The summed E-state index contributed by atoms with van der Waals surface area (Å²) in [5, 5.41) is 3.67. The Balaban J connectivity index is 1.87. The van der Waals surface area contributed by atoms with Crippen LogP contribution in [0.25, 0.3) is 0 Å². The molecule has 0 aromatic carbocycles. The van der Waals surface area contributed by atoms with Crippen LogP contribution in [0.1, 0.15) is 63.5 Å². The van der Waals surface area contributed by atoms with Gasteiger partial charge < -0.3 is 5.32 Å². The van der Waals surface area contributed by atoms with Gasteiger partial charge in [-0.3, -0.25) is 4.98 Å². The van der Waals surface area contributed by atoms with Crippen molar-refractivity contribution in [2.45, 2.75) is 57.9 Å². The van der Waals surface area contributed by atoms with Crippen molar-refractivity contribution in [1.29, 1.82) is 0 Å². The minimum absolute atomic E-state index is 0.499. The maximum absolute atomic E-state index is 4.25. The zero-order chi connectivity index (χ0) is 12.6. The number of pyridine rings is 1. The molecule has 1 saturated carbocycles. The second-order valence-corrected chi connectivity index (χ2v) is 5.52. The van der Waals surface area contributed by atoms with Crippen molar-refractivity contribution in [3.8, 4) is 0 Å². The molecule has 0 aliphatic heterocycles. The highest BCUT2D eigenvalue weighted by Crippen LogP contribution is 2.31. The Bertz CT molecular complexity index is 317. The van der Waals surface area contributed by atoms with Crippen molar-refractivity contribution in [3.05, 3.63) is 30.1 Å². The molecular weight excluding hydrogens is 220 g/mol. The number of hydrogen-bond donors (Lipinski definition) is 1. The number of hydrogen-bond acceptors (Lipinski definition) is 2. The fourth-order valence-electron chi connectivity index (χ4n) is 2.99. The van der Waals surface area contributed by atoms with E-state index >= 15 is 0 Å². The first-order valence-electron chi connectivity index (χ1n) is 7.53. The van der Waals surface area contributed by atoms with Crippen LogP contribution in [0.3, 0.4) is 0 Å². The third-order valence-corrected chi connectivity index (χ3v) is 4.07. The van der Waals surface area contributed by atoms with Gasteiger partial charge in [0.05, 0.1) is 0 Å². The van der Waals surface area contributed by atoms with Crippen molar-refractivity contribution in [3.63, 3.8) is 0 Å². The number of rotatable bonds is 7. The molecule has 2 rings (SSSR count). The maximum Gasteiger partial charge on any atom is 0.0335 e. The average Bonchev–Trinajstić information content (AvgIpc) is 2.93. The van der Waals surface area contributed by atoms with Crippen LogP contribution >= 0.6 is 0 Å². The summed E-state index contributed by atoms with van der Waals surface area (Å²) in [5.41, 5.74) is 1.35. The molecule has 1 atom stereocenters. The van der Waals surface area contributed by atoms with Crippen LogP contribution < -0.4 is 5.32 Å². The first-order valence-corrected chi connectivity index (χ1v) is 7.53. The Labute approximate surface area is 111 Å². The predicted octanol–water partition coefficient (Wildman–Crippen LogP) is 4.09. The molecule has 1 aromatic rings. The molecule has 1 unspecified atom stereocenters. The molecule has 1 fully saturated rings. The monoisotopic (exact) mass is 246 g/mol. The Morgan fingerprint density at radius 1 is 1.39 bits per heavy atom. The number of aromatic nitrogens is 1. The highest BCUT2D eigenvalue weighted by Gasteiger charge is 2.18. The molecule has 1 aromatic heterocycles. The molecule has 100 valence electrons. The molecular formula is C16H26N2. The molecule has 0 radical (unpaired) electrons. The lowest BCUT2D eigenvalue weighted by Crippen LogP contribution is -2.22. The lowest BCUT2D eigenvalue weighted by Gasteiger charge is -2.20. The second kappa shape index (κ2) is 7.52. The van der Waals surface area contributed by atoms with E-state index in [1.807, 2.05) is 18.5 Å². The molecule has 1 aliphatic rings. The van der Waals surface area contributed by atoms with Gasteiger partial charge in [0.25, 0.3) is 0 Å². The summed E-state index contributed by atoms with van der Waals surface area (Å²) in [6, 6.07) is 4.75. The predicted molar refractivity (Wildman–Crippen MR) is 76.5 cm³/mol. The molecule has 0 saturated heterocycles. The van der Waals surface area contributed by atoms with Crippen LogP contribution in [0.4, 0.5) is 0 Å². The van der Waals surface area contributed by atoms with Crippen LogP contribution in [-0.4, -0.2) is 11.5 Å². The highest BCUT2D eigenvalue weighted by molar-refractivity contribution is 5.13. The summed E-state index contributed by atoms with van der Waals surface area (Å²) in [6.07, 6.45) is 13.5. The molecule has 1 N–H and O–H groups in total. The van der Waals surface area contributed by atoms with E-state index in [2.05, 4.69) is 23.3 Å². The van der Waals surface area contributed by atoms with Crippen LogP contribution in [0.2, 0.25) is 0 Å². The van der Waals surface area contributed by atoms with E-state index < -0.39 is 0 Å². The van der Waals surface area contributed by atoms with Gasteiger partial charge in [-0.25, -0.2) is 0 Å². The van der Waals surface area contributed by atoms with Crippen molar-refractivity contribution in [2.75, 3.05) is 6.54 Å². The van der Waals surface area contributed by atoms with Gasteiger partial charge in [0.2, 0.25) is 0 Å². The van der Waals surface area contributed by atoms with Crippen molar-refractivity contribution < 1.29 is 0 Å². The van der Waals surface area contributed by atoms with E-state index in [4.69, 9.17) is 0 Å². The first-order chi connectivity index (χ1) is 8.90. The molecule has 0 spiro atoms. The minimum atomic E-state index is 0.499. The van der Waals surface area contributed by atoms with Gasteiger partial charge in [-0.05, 0) is 43.4 Å². The molecule has 1 aliphatic carbocycles. The van der Waals surface area contributed by atoms with Gasteiger partial charge in [0, 0.05) is 18.4 Å². The smallest absolute Gasteiger partial charge is 0.0335 e. The minimum Gasteiger partial charge on any atom is -0.310 e. The first kappa shape index (κ1) is 13.5. The zero-order valence-electron chi connectivity index (χ0n) is 11.6. The molecule has 18 heavy (non-hydrogen) atoms. The van der Waals surface area contributed by atoms with E-state index in [0.29, 0.717) is 6.04 Å². The molecule has 2 nitrogen and oxygen atoms in total. The Hall–Kier alpha value is -0.890. The van der Waals surface area contributed by atoms with Gasteiger partial charge in [0.15, 0.2) is 0 Å². The van der Waals surface area contributed by atoms with E-state index in [0.717, 1.165) is 12.5 Å². The van der Waals surface area contributed by atoms with Crippen molar-refractivity contribution >= 4 is 0 Å². The van der Waals surface area contributed by atoms with E-state index in [1.54, 1.807) is 0 Å². The fraction of sp³-hybridized carbons (Fsp3) is 0.688. The summed E-state index contributed by atoms with van der Waals surface area (Å²) >= 11 is 0. The van der Waals surface area contributed by atoms with Crippen molar-refractivity contribution in [2.24, 2.45) is 5.92 Å². The molecule has 0 amide bonds. The fourth-order valence-corrected chi connectivity index (χ4v) is 2.99. The third kappa shape index (κ3) is 4.09. The summed E-state index contributed by atoms with van der Waals surface area (Å²) < 4.78 is 0. The number of nitrogens with one attached hydrogen (secondary N) is 1. The van der Waals surface area contributed by atoms with Gasteiger partial charge in [0.1, 0.15) is 0 Å².